The average molecular weight is 844 g/mol. The summed E-state index contributed by atoms with van der Waals surface area (Å²) in [5.74, 6) is -0.146. The number of ether oxygens (including phenoxy) is 1. The van der Waals surface area contributed by atoms with E-state index in [1.165, 1.54) is 154 Å². The molecule has 0 fully saturated rings. The predicted molar refractivity (Wildman–Crippen MR) is 259 cm³/mol. The Morgan fingerprint density at radius 2 is 0.867 bits per heavy atom. The zero-order valence-electron chi connectivity index (χ0n) is 39.9. The maximum Gasteiger partial charge on any atom is 0.305 e. The van der Waals surface area contributed by atoms with Crippen LogP contribution in [0.25, 0.3) is 0 Å². The van der Waals surface area contributed by atoms with Gasteiger partial charge in [0.25, 0.3) is 0 Å². The van der Waals surface area contributed by atoms with E-state index >= 15 is 0 Å². The monoisotopic (exact) mass is 844 g/mol. The van der Waals surface area contributed by atoms with Gasteiger partial charge in [-0.25, -0.2) is 0 Å². The molecule has 0 aliphatic carbocycles. The summed E-state index contributed by atoms with van der Waals surface area (Å²) in [7, 11) is 0. The summed E-state index contributed by atoms with van der Waals surface area (Å²) >= 11 is 0. The van der Waals surface area contributed by atoms with Crippen molar-refractivity contribution in [3.63, 3.8) is 0 Å². The van der Waals surface area contributed by atoms with Crippen molar-refractivity contribution in [3.8, 4) is 0 Å². The van der Waals surface area contributed by atoms with E-state index in [-0.39, 0.29) is 18.5 Å². The van der Waals surface area contributed by atoms with Crippen molar-refractivity contribution in [2.24, 2.45) is 0 Å². The lowest BCUT2D eigenvalue weighted by atomic mass is 10.0. The molecule has 0 radical (unpaired) electrons. The molecule has 0 spiro atoms. The van der Waals surface area contributed by atoms with Gasteiger partial charge >= 0.3 is 5.97 Å². The molecular weight excluding hydrogens is 743 g/mol. The third-order valence-electron chi connectivity index (χ3n) is 11.9. The minimum absolute atomic E-state index is 0.0502. The fraction of sp³-hybridized carbons (Fsp3) is 0.852. The summed E-state index contributed by atoms with van der Waals surface area (Å²) in [5, 5.41) is 23.2. The molecule has 0 heterocycles. The lowest BCUT2D eigenvalue weighted by molar-refractivity contribution is -0.143. The maximum absolute atomic E-state index is 12.4. The molecule has 0 aromatic heterocycles. The first-order chi connectivity index (χ1) is 29.5. The summed E-state index contributed by atoms with van der Waals surface area (Å²) in [6, 6.07) is -0.581. The molecular formula is C54H101NO5. The van der Waals surface area contributed by atoms with E-state index in [9.17, 15) is 19.8 Å². The molecule has 0 rings (SSSR count). The van der Waals surface area contributed by atoms with Gasteiger partial charge in [0.2, 0.25) is 5.91 Å². The number of allylic oxidation sites excluding steroid dienone is 6. The van der Waals surface area contributed by atoms with Crippen LogP contribution in [0.15, 0.2) is 36.5 Å². The standard InChI is InChI=1S/C54H101NO5/c1-3-5-7-9-11-13-15-17-19-20-21-22-23-24-25-27-30-34-38-42-46-52(57)51(50-56)55-53(58)47-43-39-35-31-29-33-37-41-45-49-60-54(59)48-44-40-36-32-28-26-18-16-14-12-10-8-6-4-2/h10,12,16,18,31,35,51-52,56-57H,3-9,11,13-15,17,19-30,32-34,36-50H2,1-2H3,(H,55,58)/b12-10-,18-16-,35-31-. The highest BCUT2D eigenvalue weighted by Gasteiger charge is 2.20. The van der Waals surface area contributed by atoms with Crippen LogP contribution in [0.5, 0.6) is 0 Å². The van der Waals surface area contributed by atoms with Crippen LogP contribution in [0.1, 0.15) is 271 Å². The number of aliphatic hydroxyl groups is 2. The van der Waals surface area contributed by atoms with Crippen LogP contribution in [-0.2, 0) is 14.3 Å². The van der Waals surface area contributed by atoms with E-state index < -0.39 is 12.1 Å². The Morgan fingerprint density at radius 3 is 1.37 bits per heavy atom. The van der Waals surface area contributed by atoms with Crippen LogP contribution in [0.4, 0.5) is 0 Å². The minimum Gasteiger partial charge on any atom is -0.466 e. The van der Waals surface area contributed by atoms with Gasteiger partial charge in [0.05, 0.1) is 25.4 Å². The minimum atomic E-state index is -0.697. The summed E-state index contributed by atoms with van der Waals surface area (Å²) < 4.78 is 5.43. The van der Waals surface area contributed by atoms with Gasteiger partial charge in [0.1, 0.15) is 0 Å². The van der Waals surface area contributed by atoms with E-state index in [4.69, 9.17) is 4.74 Å². The zero-order chi connectivity index (χ0) is 43.7. The molecule has 0 aromatic carbocycles. The molecule has 60 heavy (non-hydrogen) atoms. The predicted octanol–water partition coefficient (Wildman–Crippen LogP) is 15.7. The van der Waals surface area contributed by atoms with Crippen molar-refractivity contribution in [2.75, 3.05) is 13.2 Å². The summed E-state index contributed by atoms with van der Waals surface area (Å²) in [6.07, 6.45) is 59.8. The second-order valence-electron chi connectivity index (χ2n) is 17.8. The Morgan fingerprint density at radius 1 is 0.467 bits per heavy atom. The van der Waals surface area contributed by atoms with Crippen molar-refractivity contribution in [1.29, 1.82) is 0 Å². The Hall–Kier alpha value is -1.92. The molecule has 2 unspecified atom stereocenters. The Kier molecular flexibility index (Phi) is 48.1. The molecule has 0 saturated heterocycles. The lowest BCUT2D eigenvalue weighted by Crippen LogP contribution is -2.45. The third kappa shape index (κ3) is 45.6. The molecule has 6 nitrogen and oxygen atoms in total. The molecule has 1 amide bonds. The van der Waals surface area contributed by atoms with Gasteiger partial charge in [-0.1, -0.05) is 224 Å². The molecule has 0 saturated carbocycles. The summed E-state index contributed by atoms with van der Waals surface area (Å²) in [5.41, 5.74) is 0. The highest BCUT2D eigenvalue weighted by Crippen LogP contribution is 2.16. The number of hydrogen-bond acceptors (Lipinski definition) is 5. The normalized spacial score (nSPS) is 12.9. The number of carbonyl (C=O) groups excluding carboxylic acids is 2. The molecule has 0 aromatic rings. The zero-order valence-corrected chi connectivity index (χ0v) is 39.9. The fourth-order valence-corrected chi connectivity index (χ4v) is 7.84. The highest BCUT2D eigenvalue weighted by atomic mass is 16.5. The van der Waals surface area contributed by atoms with Gasteiger partial charge in [-0.2, -0.15) is 0 Å². The number of rotatable bonds is 48. The summed E-state index contributed by atoms with van der Waals surface area (Å²) in [6.45, 7) is 4.82. The van der Waals surface area contributed by atoms with Crippen molar-refractivity contribution in [1.82, 2.24) is 5.32 Å². The number of unbranched alkanes of at least 4 members (excludes halogenated alkanes) is 31. The van der Waals surface area contributed by atoms with Crippen molar-refractivity contribution >= 4 is 11.9 Å². The van der Waals surface area contributed by atoms with Crippen LogP contribution in [0.3, 0.4) is 0 Å². The van der Waals surface area contributed by atoms with Gasteiger partial charge in [0.15, 0.2) is 0 Å². The molecule has 6 heteroatoms. The first-order valence-corrected chi connectivity index (χ1v) is 26.2. The topological polar surface area (TPSA) is 95.9 Å². The van der Waals surface area contributed by atoms with Gasteiger partial charge in [-0.15, -0.1) is 0 Å². The van der Waals surface area contributed by atoms with E-state index in [1.807, 2.05) is 0 Å². The Bertz CT molecular complexity index is 977. The van der Waals surface area contributed by atoms with Crippen molar-refractivity contribution in [3.05, 3.63) is 36.5 Å². The van der Waals surface area contributed by atoms with E-state index in [0.29, 0.717) is 25.9 Å². The van der Waals surface area contributed by atoms with Crippen LogP contribution in [0.2, 0.25) is 0 Å². The van der Waals surface area contributed by atoms with Gasteiger partial charge in [-0.3, -0.25) is 9.59 Å². The first kappa shape index (κ1) is 58.1. The number of carbonyl (C=O) groups is 2. The fourth-order valence-electron chi connectivity index (χ4n) is 7.84. The smallest absolute Gasteiger partial charge is 0.305 e. The van der Waals surface area contributed by atoms with Crippen LogP contribution in [0, 0.1) is 0 Å². The molecule has 0 bridgehead atoms. The molecule has 0 aliphatic heterocycles. The number of esters is 1. The number of amides is 1. The molecule has 2 atom stereocenters. The van der Waals surface area contributed by atoms with Gasteiger partial charge in [-0.05, 0) is 70.6 Å². The average Bonchev–Trinajstić information content (AvgIpc) is 3.25. The van der Waals surface area contributed by atoms with E-state index in [2.05, 4.69) is 55.6 Å². The quantitative estimate of drug-likeness (QED) is 0.0322. The van der Waals surface area contributed by atoms with Crippen LogP contribution < -0.4 is 5.32 Å². The van der Waals surface area contributed by atoms with Gasteiger partial charge in [0, 0.05) is 12.8 Å². The largest absolute Gasteiger partial charge is 0.466 e. The second kappa shape index (κ2) is 49.7. The van der Waals surface area contributed by atoms with Gasteiger partial charge < -0.3 is 20.3 Å². The maximum atomic E-state index is 12.4. The first-order valence-electron chi connectivity index (χ1n) is 26.2. The molecule has 0 aliphatic rings. The number of hydrogen-bond donors (Lipinski definition) is 3. The molecule has 352 valence electrons. The Labute approximate surface area is 373 Å². The van der Waals surface area contributed by atoms with E-state index in [0.717, 1.165) is 83.5 Å². The second-order valence-corrected chi connectivity index (χ2v) is 17.8. The van der Waals surface area contributed by atoms with Crippen LogP contribution in [-0.4, -0.2) is 47.4 Å². The van der Waals surface area contributed by atoms with Crippen molar-refractivity contribution in [2.45, 2.75) is 283 Å². The highest BCUT2D eigenvalue weighted by molar-refractivity contribution is 5.76. The lowest BCUT2D eigenvalue weighted by Gasteiger charge is -2.22. The van der Waals surface area contributed by atoms with Crippen LogP contribution >= 0.6 is 0 Å². The number of aliphatic hydroxyl groups excluding tert-OH is 2. The number of nitrogens with one attached hydrogen (secondary N) is 1. The Balaban J connectivity index is 3.55. The summed E-state index contributed by atoms with van der Waals surface area (Å²) in [4.78, 5) is 24.5. The third-order valence-corrected chi connectivity index (χ3v) is 11.9. The molecule has 3 N–H and O–H groups in total. The SMILES string of the molecule is CCCC/C=C\C/C=C\CCCCCCCC(=O)OCCCCCC/C=C\CCCC(=O)NC(CO)C(O)CCCCCCCCCCCCCCCCCCCCCC. The van der Waals surface area contributed by atoms with E-state index in [1.54, 1.807) is 0 Å². The van der Waals surface area contributed by atoms with Crippen molar-refractivity contribution < 1.29 is 24.5 Å².